The van der Waals surface area contributed by atoms with Crippen LogP contribution in [0.1, 0.15) is 43.0 Å². The zero-order chi connectivity index (χ0) is 25.4. The minimum atomic E-state index is -1.57. The highest BCUT2D eigenvalue weighted by molar-refractivity contribution is 6.22. The molecule has 0 radical (unpaired) electrons. The summed E-state index contributed by atoms with van der Waals surface area (Å²) in [5, 5.41) is 10.9. The minimum absolute atomic E-state index is 0.0242. The van der Waals surface area contributed by atoms with Gasteiger partial charge in [0.25, 0.3) is 0 Å². The van der Waals surface area contributed by atoms with Crippen LogP contribution in [-0.4, -0.2) is 52.7 Å². The molecule has 0 saturated carbocycles. The lowest BCUT2D eigenvalue weighted by Crippen LogP contribution is -2.72. The Kier molecular flexibility index (Phi) is 5.05. The molecular weight excluding hydrogens is 471 g/mol. The largest absolute Gasteiger partial charge is 0.372 e. The summed E-state index contributed by atoms with van der Waals surface area (Å²) in [6.07, 6.45) is -0.335. The third-order valence-electron chi connectivity index (χ3n) is 7.55. The maximum absolute atomic E-state index is 16.1. The molecule has 0 aliphatic carbocycles. The number of Topliss-reactive ketones (excluding diaryl/α,β-unsaturated/α-hetero) is 1. The number of aryl methyl sites for hydroxylation is 3. The summed E-state index contributed by atoms with van der Waals surface area (Å²) in [4.78, 5) is 40.5. The Hall–Kier alpha value is -3.60. The molecule has 1 aromatic carbocycles. The number of carbonyl (C=O) groups is 3. The molecule has 10 nitrogen and oxygen atoms in total. The first-order valence-corrected chi connectivity index (χ1v) is 12.0. The SMILES string of the molecule is Cc1cc(CCc2noc3c(F)c4c(cc23)CC2(C(=O)CC(=O)NC2=O)[C@H]2[C@H](C)O[C@H](C)CN42)no1. The summed E-state index contributed by atoms with van der Waals surface area (Å²) >= 11 is 0. The van der Waals surface area contributed by atoms with Crippen LogP contribution in [-0.2, 0) is 38.4 Å². The van der Waals surface area contributed by atoms with Crippen LogP contribution in [0, 0.1) is 18.2 Å². The van der Waals surface area contributed by atoms with Gasteiger partial charge in [-0.25, -0.2) is 4.39 Å². The van der Waals surface area contributed by atoms with Gasteiger partial charge in [0, 0.05) is 18.0 Å². The van der Waals surface area contributed by atoms with E-state index in [1.807, 2.05) is 13.0 Å². The van der Waals surface area contributed by atoms with Crippen LogP contribution in [0.2, 0.25) is 0 Å². The number of anilines is 1. The number of amides is 2. The number of halogens is 1. The number of hydrogen-bond acceptors (Lipinski definition) is 9. The van der Waals surface area contributed by atoms with Gasteiger partial charge in [0.2, 0.25) is 17.4 Å². The number of nitrogens with one attached hydrogen (secondary N) is 1. The van der Waals surface area contributed by atoms with Crippen LogP contribution >= 0.6 is 0 Å². The van der Waals surface area contributed by atoms with Gasteiger partial charge in [-0.05, 0) is 51.7 Å². The molecule has 4 atom stereocenters. The van der Waals surface area contributed by atoms with Gasteiger partial charge in [-0.15, -0.1) is 0 Å². The molecular formula is C25H25FN4O6. The molecule has 0 bridgehead atoms. The number of ether oxygens (including phenoxy) is 1. The van der Waals surface area contributed by atoms with E-state index in [0.717, 1.165) is 5.69 Å². The lowest BCUT2D eigenvalue weighted by atomic mass is 9.63. The molecule has 2 fully saturated rings. The molecule has 3 aliphatic rings. The number of aromatic nitrogens is 2. The standard InChI is InChI=1S/C25H25FN4O6/c1-11-6-15(28-35-11)4-5-17-16-7-14-9-25(18(31)8-19(32)27-24(25)33)23-13(3)34-12(2)10-30(23)21(14)20(26)22(16)36-29-17/h6-7,12-13,23H,4-5,8-10H2,1-3H3,(H,27,32,33)/t12-,13+,23-,25?/m1/s1. The Labute approximate surface area is 205 Å². The van der Waals surface area contributed by atoms with Crippen molar-refractivity contribution in [1.29, 1.82) is 0 Å². The predicted molar refractivity (Wildman–Crippen MR) is 123 cm³/mol. The monoisotopic (exact) mass is 496 g/mol. The molecule has 36 heavy (non-hydrogen) atoms. The van der Waals surface area contributed by atoms with Crippen LogP contribution in [0.15, 0.2) is 21.2 Å². The normalized spacial score (nSPS) is 27.9. The van der Waals surface area contributed by atoms with Gasteiger partial charge in [0.05, 0.1) is 41.7 Å². The van der Waals surface area contributed by atoms with Crippen molar-refractivity contribution in [2.45, 2.75) is 64.7 Å². The summed E-state index contributed by atoms with van der Waals surface area (Å²) < 4.78 is 32.6. The fourth-order valence-corrected chi connectivity index (χ4v) is 6.16. The third kappa shape index (κ3) is 3.22. The highest BCUT2D eigenvalue weighted by Gasteiger charge is 2.62. The van der Waals surface area contributed by atoms with E-state index in [1.54, 1.807) is 24.8 Å². The number of carbonyl (C=O) groups excluding carboxylic acids is 3. The van der Waals surface area contributed by atoms with Crippen LogP contribution < -0.4 is 10.2 Å². The van der Waals surface area contributed by atoms with Crippen molar-refractivity contribution in [3.8, 4) is 0 Å². The molecule has 2 saturated heterocycles. The Bertz CT molecular complexity index is 1410. The number of fused-ring (bicyclic) bond motifs is 5. The quantitative estimate of drug-likeness (QED) is 0.429. The summed E-state index contributed by atoms with van der Waals surface area (Å²) in [5.74, 6) is -1.66. The molecule has 188 valence electrons. The number of nitrogens with zero attached hydrogens (tertiary/aromatic N) is 3. The highest BCUT2D eigenvalue weighted by atomic mass is 19.1. The Morgan fingerprint density at radius 2 is 1.97 bits per heavy atom. The number of rotatable bonds is 3. The topological polar surface area (TPSA) is 128 Å². The molecule has 6 rings (SSSR count). The van der Waals surface area contributed by atoms with E-state index in [-0.39, 0.29) is 30.3 Å². The summed E-state index contributed by atoms with van der Waals surface area (Å²) in [6.45, 7) is 5.70. The van der Waals surface area contributed by atoms with E-state index in [4.69, 9.17) is 13.8 Å². The minimum Gasteiger partial charge on any atom is -0.372 e. The zero-order valence-corrected chi connectivity index (χ0v) is 20.1. The molecule has 1 spiro atoms. The van der Waals surface area contributed by atoms with Gasteiger partial charge >= 0.3 is 0 Å². The van der Waals surface area contributed by atoms with Gasteiger partial charge in [0.1, 0.15) is 11.2 Å². The lowest BCUT2D eigenvalue weighted by molar-refractivity contribution is -0.158. The number of ketones is 1. The number of hydrogen-bond donors (Lipinski definition) is 1. The second-order valence-corrected chi connectivity index (χ2v) is 10.0. The average molecular weight is 496 g/mol. The van der Waals surface area contributed by atoms with E-state index < -0.39 is 47.4 Å². The smallest absolute Gasteiger partial charge is 0.242 e. The number of piperidine rings is 1. The molecule has 2 aromatic heterocycles. The second-order valence-electron chi connectivity index (χ2n) is 10.0. The molecule has 1 N–H and O–H groups in total. The van der Waals surface area contributed by atoms with Crippen molar-refractivity contribution in [3.05, 3.63) is 40.7 Å². The predicted octanol–water partition coefficient (Wildman–Crippen LogP) is 2.19. The zero-order valence-electron chi connectivity index (χ0n) is 20.1. The van der Waals surface area contributed by atoms with Gasteiger partial charge in [-0.2, -0.15) is 0 Å². The summed E-state index contributed by atoms with van der Waals surface area (Å²) in [7, 11) is 0. The number of imide groups is 1. The third-order valence-corrected chi connectivity index (χ3v) is 7.55. The van der Waals surface area contributed by atoms with Gasteiger partial charge in [0.15, 0.2) is 11.6 Å². The average Bonchev–Trinajstić information content (AvgIpc) is 3.41. The molecule has 3 aromatic rings. The van der Waals surface area contributed by atoms with E-state index in [1.165, 1.54) is 0 Å². The number of benzene rings is 1. The Morgan fingerprint density at radius 1 is 1.17 bits per heavy atom. The van der Waals surface area contributed by atoms with E-state index in [9.17, 15) is 14.4 Å². The molecule has 3 aliphatic heterocycles. The van der Waals surface area contributed by atoms with Crippen molar-refractivity contribution in [3.63, 3.8) is 0 Å². The van der Waals surface area contributed by atoms with Crippen LogP contribution in [0.25, 0.3) is 11.0 Å². The first kappa shape index (κ1) is 22.8. The summed E-state index contributed by atoms with van der Waals surface area (Å²) in [6, 6.07) is 2.81. The van der Waals surface area contributed by atoms with Gasteiger partial charge in [-0.3, -0.25) is 19.7 Å². The molecule has 5 heterocycles. The van der Waals surface area contributed by atoms with Gasteiger partial charge < -0.3 is 18.7 Å². The molecule has 1 unspecified atom stereocenters. The summed E-state index contributed by atoms with van der Waals surface area (Å²) in [5.41, 5.74) is 0.521. The Balaban J connectivity index is 1.48. The van der Waals surface area contributed by atoms with E-state index in [2.05, 4.69) is 15.6 Å². The Morgan fingerprint density at radius 3 is 2.69 bits per heavy atom. The van der Waals surface area contributed by atoms with Crippen molar-refractivity contribution >= 4 is 34.3 Å². The fourth-order valence-electron chi connectivity index (χ4n) is 6.16. The highest BCUT2D eigenvalue weighted by Crippen LogP contribution is 2.50. The van der Waals surface area contributed by atoms with E-state index >= 15 is 4.39 Å². The first-order chi connectivity index (χ1) is 17.2. The maximum Gasteiger partial charge on any atom is 0.242 e. The van der Waals surface area contributed by atoms with Crippen molar-refractivity contribution < 1.29 is 32.6 Å². The lowest BCUT2D eigenvalue weighted by Gasteiger charge is -2.55. The fraction of sp³-hybridized carbons (Fsp3) is 0.480. The van der Waals surface area contributed by atoms with Gasteiger partial charge in [-0.1, -0.05) is 10.3 Å². The molecule has 2 amide bonds. The molecule has 11 heteroatoms. The van der Waals surface area contributed by atoms with Crippen molar-refractivity contribution in [2.24, 2.45) is 5.41 Å². The second kappa shape index (κ2) is 7.95. The van der Waals surface area contributed by atoms with Crippen LogP contribution in [0.5, 0.6) is 0 Å². The van der Waals surface area contributed by atoms with Crippen molar-refractivity contribution in [2.75, 3.05) is 11.4 Å². The maximum atomic E-state index is 16.1. The van der Waals surface area contributed by atoms with Crippen LogP contribution in [0.4, 0.5) is 10.1 Å². The number of morpholine rings is 1. The first-order valence-electron chi connectivity index (χ1n) is 12.0. The van der Waals surface area contributed by atoms with Crippen molar-refractivity contribution in [1.82, 2.24) is 15.6 Å². The van der Waals surface area contributed by atoms with Crippen LogP contribution in [0.3, 0.4) is 0 Å². The van der Waals surface area contributed by atoms with E-state index in [0.29, 0.717) is 35.2 Å².